The molecule has 0 saturated carbocycles. The minimum absolute atomic E-state index is 0.0770. The summed E-state index contributed by atoms with van der Waals surface area (Å²) < 4.78 is 0. The molecule has 0 unspecified atom stereocenters. The Balaban J connectivity index is 1.99. The Bertz CT molecular complexity index is 702. The van der Waals surface area contributed by atoms with Gasteiger partial charge in [0.25, 0.3) is 0 Å². The first kappa shape index (κ1) is 16.2. The van der Waals surface area contributed by atoms with Crippen LogP contribution in [0.1, 0.15) is 22.9 Å². The summed E-state index contributed by atoms with van der Waals surface area (Å²) >= 11 is 1.71. The lowest BCUT2D eigenvalue weighted by Crippen LogP contribution is -2.39. The van der Waals surface area contributed by atoms with Gasteiger partial charge in [0.05, 0.1) is 17.7 Å². The van der Waals surface area contributed by atoms with Gasteiger partial charge in [-0.3, -0.25) is 9.69 Å². The second-order valence-electron chi connectivity index (χ2n) is 5.30. The van der Waals surface area contributed by atoms with Crippen molar-refractivity contribution in [2.45, 2.75) is 26.4 Å². The molecule has 1 aromatic heterocycles. The third kappa shape index (κ3) is 3.94. The van der Waals surface area contributed by atoms with E-state index in [1.165, 1.54) is 10.4 Å². The van der Waals surface area contributed by atoms with Crippen molar-refractivity contribution in [1.82, 2.24) is 4.90 Å². The van der Waals surface area contributed by atoms with Gasteiger partial charge in [-0.05, 0) is 56.1 Å². The van der Waals surface area contributed by atoms with Gasteiger partial charge < -0.3 is 5.32 Å². The summed E-state index contributed by atoms with van der Waals surface area (Å²) in [6.07, 6.45) is 0. The molecule has 0 radical (unpaired) electrons. The SMILES string of the molecule is Cc1ccsc1CN(C)[C@@H](C)C(=O)Nc1cccc(C#N)c1. The van der Waals surface area contributed by atoms with E-state index < -0.39 is 0 Å². The third-order valence-electron chi connectivity index (χ3n) is 3.66. The number of hydrogen-bond acceptors (Lipinski definition) is 4. The molecule has 0 aliphatic heterocycles. The van der Waals surface area contributed by atoms with Crippen LogP contribution in [-0.2, 0) is 11.3 Å². The molecular formula is C17H19N3OS. The summed E-state index contributed by atoms with van der Waals surface area (Å²) in [6, 6.07) is 10.8. The van der Waals surface area contributed by atoms with Crippen LogP contribution in [0.25, 0.3) is 0 Å². The van der Waals surface area contributed by atoms with Gasteiger partial charge in [-0.15, -0.1) is 11.3 Å². The van der Waals surface area contributed by atoms with Crippen molar-refractivity contribution < 1.29 is 4.79 Å². The molecule has 5 heteroatoms. The molecule has 0 fully saturated rings. The van der Waals surface area contributed by atoms with Crippen LogP contribution in [0.5, 0.6) is 0 Å². The number of carbonyl (C=O) groups is 1. The number of hydrogen-bond donors (Lipinski definition) is 1. The minimum Gasteiger partial charge on any atom is -0.325 e. The molecule has 0 bridgehead atoms. The maximum absolute atomic E-state index is 12.3. The molecular weight excluding hydrogens is 294 g/mol. The van der Waals surface area contributed by atoms with E-state index in [1.807, 2.05) is 18.9 Å². The molecule has 1 atom stereocenters. The number of aryl methyl sites for hydroxylation is 1. The van der Waals surface area contributed by atoms with Crippen LogP contribution in [0.3, 0.4) is 0 Å². The fourth-order valence-electron chi connectivity index (χ4n) is 2.04. The highest BCUT2D eigenvalue weighted by Crippen LogP contribution is 2.18. The number of rotatable bonds is 5. The monoisotopic (exact) mass is 313 g/mol. The van der Waals surface area contributed by atoms with Gasteiger partial charge in [-0.1, -0.05) is 6.07 Å². The standard InChI is InChI=1S/C17H19N3OS/c1-12-7-8-22-16(12)11-20(3)13(2)17(21)19-15-6-4-5-14(9-15)10-18/h4-9,13H,11H2,1-3H3,(H,19,21)/t13-/m0/s1. The average molecular weight is 313 g/mol. The molecule has 0 aliphatic carbocycles. The largest absolute Gasteiger partial charge is 0.325 e. The van der Waals surface area contributed by atoms with E-state index in [0.717, 1.165) is 6.54 Å². The molecule has 22 heavy (non-hydrogen) atoms. The Hall–Kier alpha value is -2.16. The number of carbonyl (C=O) groups excluding carboxylic acids is 1. The first-order valence-electron chi connectivity index (χ1n) is 7.05. The molecule has 2 aromatic rings. The fraction of sp³-hybridized carbons (Fsp3) is 0.294. The number of thiophene rings is 1. The van der Waals surface area contributed by atoms with Crippen molar-refractivity contribution in [2.75, 3.05) is 12.4 Å². The number of nitrogens with one attached hydrogen (secondary N) is 1. The van der Waals surface area contributed by atoms with Gasteiger partial charge in [-0.2, -0.15) is 5.26 Å². The van der Waals surface area contributed by atoms with Crippen LogP contribution in [0.4, 0.5) is 5.69 Å². The summed E-state index contributed by atoms with van der Waals surface area (Å²) in [4.78, 5) is 15.6. The lowest BCUT2D eigenvalue weighted by atomic mass is 10.2. The zero-order valence-electron chi connectivity index (χ0n) is 13.0. The van der Waals surface area contributed by atoms with E-state index in [1.54, 1.807) is 35.6 Å². The van der Waals surface area contributed by atoms with Crippen LogP contribution < -0.4 is 5.32 Å². The molecule has 114 valence electrons. The fourth-order valence-corrected chi connectivity index (χ4v) is 3.01. The van der Waals surface area contributed by atoms with Gasteiger partial charge in [0.2, 0.25) is 5.91 Å². The quantitative estimate of drug-likeness (QED) is 0.920. The summed E-state index contributed by atoms with van der Waals surface area (Å²) in [7, 11) is 1.94. The highest BCUT2D eigenvalue weighted by atomic mass is 32.1. The van der Waals surface area contributed by atoms with Crippen molar-refractivity contribution in [2.24, 2.45) is 0 Å². The van der Waals surface area contributed by atoms with Crippen LogP contribution in [-0.4, -0.2) is 23.9 Å². The maximum Gasteiger partial charge on any atom is 0.241 e. The third-order valence-corrected chi connectivity index (χ3v) is 4.67. The molecule has 1 amide bonds. The summed E-state index contributed by atoms with van der Waals surface area (Å²) in [6.45, 7) is 4.71. The molecule has 0 spiro atoms. The number of nitriles is 1. The Kier molecular flexibility index (Phi) is 5.31. The van der Waals surface area contributed by atoms with Gasteiger partial charge in [0, 0.05) is 17.1 Å². The van der Waals surface area contributed by atoms with E-state index in [0.29, 0.717) is 11.3 Å². The van der Waals surface area contributed by atoms with E-state index in [2.05, 4.69) is 29.8 Å². The van der Waals surface area contributed by atoms with E-state index in [4.69, 9.17) is 5.26 Å². The van der Waals surface area contributed by atoms with E-state index in [-0.39, 0.29) is 11.9 Å². The van der Waals surface area contributed by atoms with Gasteiger partial charge >= 0.3 is 0 Å². The predicted octanol–water partition coefficient (Wildman–Crippen LogP) is 3.39. The summed E-state index contributed by atoms with van der Waals surface area (Å²) in [5, 5.41) is 13.8. The van der Waals surface area contributed by atoms with Crippen molar-refractivity contribution in [3.05, 3.63) is 51.7 Å². The Labute approximate surface area is 135 Å². The molecule has 1 aromatic carbocycles. The lowest BCUT2D eigenvalue weighted by molar-refractivity contribution is -0.120. The Morgan fingerprint density at radius 3 is 2.86 bits per heavy atom. The Morgan fingerprint density at radius 1 is 1.45 bits per heavy atom. The van der Waals surface area contributed by atoms with Crippen LogP contribution in [0.15, 0.2) is 35.7 Å². The van der Waals surface area contributed by atoms with Crippen molar-refractivity contribution in [1.29, 1.82) is 5.26 Å². The smallest absolute Gasteiger partial charge is 0.241 e. The summed E-state index contributed by atoms with van der Waals surface area (Å²) in [5.74, 6) is -0.0770. The molecule has 0 saturated heterocycles. The zero-order chi connectivity index (χ0) is 16.1. The van der Waals surface area contributed by atoms with Crippen LogP contribution in [0.2, 0.25) is 0 Å². The van der Waals surface area contributed by atoms with Gasteiger partial charge in [0.1, 0.15) is 0 Å². The second-order valence-corrected chi connectivity index (χ2v) is 6.30. The maximum atomic E-state index is 12.3. The normalized spacial score (nSPS) is 12.0. The first-order valence-corrected chi connectivity index (χ1v) is 7.93. The average Bonchev–Trinajstić information content (AvgIpc) is 2.91. The number of likely N-dealkylation sites (N-methyl/N-ethyl adjacent to an activating group) is 1. The predicted molar refractivity (Wildman–Crippen MR) is 89.8 cm³/mol. The summed E-state index contributed by atoms with van der Waals surface area (Å²) in [5.41, 5.74) is 2.44. The molecule has 1 heterocycles. The molecule has 4 nitrogen and oxygen atoms in total. The zero-order valence-corrected chi connectivity index (χ0v) is 13.8. The van der Waals surface area contributed by atoms with E-state index in [9.17, 15) is 4.79 Å². The lowest BCUT2D eigenvalue weighted by Gasteiger charge is -2.23. The van der Waals surface area contributed by atoms with Crippen LogP contribution >= 0.6 is 11.3 Å². The number of anilines is 1. The van der Waals surface area contributed by atoms with Crippen molar-refractivity contribution in [3.8, 4) is 6.07 Å². The highest BCUT2D eigenvalue weighted by molar-refractivity contribution is 7.10. The molecule has 0 aliphatic rings. The molecule has 2 rings (SSSR count). The number of benzene rings is 1. The molecule has 1 N–H and O–H groups in total. The number of nitrogens with zero attached hydrogens (tertiary/aromatic N) is 2. The topological polar surface area (TPSA) is 56.1 Å². The van der Waals surface area contributed by atoms with Crippen molar-refractivity contribution >= 4 is 22.9 Å². The first-order chi connectivity index (χ1) is 10.5. The number of amides is 1. The second kappa shape index (κ2) is 7.21. The van der Waals surface area contributed by atoms with Crippen LogP contribution in [0, 0.1) is 18.3 Å². The van der Waals surface area contributed by atoms with Gasteiger partial charge in [0.15, 0.2) is 0 Å². The van der Waals surface area contributed by atoms with E-state index >= 15 is 0 Å². The highest BCUT2D eigenvalue weighted by Gasteiger charge is 2.19. The minimum atomic E-state index is -0.257. The van der Waals surface area contributed by atoms with Gasteiger partial charge in [-0.25, -0.2) is 0 Å². The van der Waals surface area contributed by atoms with Crippen molar-refractivity contribution in [3.63, 3.8) is 0 Å². The Morgan fingerprint density at radius 2 is 2.23 bits per heavy atom.